The summed E-state index contributed by atoms with van der Waals surface area (Å²) in [5.74, 6) is -5.10. The number of esters is 1. The zero-order valence-electron chi connectivity index (χ0n) is 15.0. The highest BCUT2D eigenvalue weighted by Crippen LogP contribution is 2.69. The van der Waals surface area contributed by atoms with Crippen LogP contribution in [0, 0.1) is 22.7 Å². The van der Waals surface area contributed by atoms with E-state index >= 15 is 0 Å². The lowest BCUT2D eigenvalue weighted by molar-refractivity contribution is -0.179. The minimum Gasteiger partial charge on any atom is -0.460 e. The quantitative estimate of drug-likeness (QED) is 0.241. The molecule has 1 aliphatic heterocycles. The van der Waals surface area contributed by atoms with Gasteiger partial charge in [0.15, 0.2) is 11.2 Å². The molecule has 1 aromatic carbocycles. The van der Waals surface area contributed by atoms with Crippen LogP contribution in [0.4, 0.5) is 0 Å². The first-order valence-electron chi connectivity index (χ1n) is 9.13. The van der Waals surface area contributed by atoms with Gasteiger partial charge in [-0.2, -0.15) is 5.06 Å². The lowest BCUT2D eigenvalue weighted by Gasteiger charge is -2.39. The number of nitrogens with two attached hydrogens (primary N) is 1. The molecule has 8 heteroatoms. The number of hydrogen-bond acceptors (Lipinski definition) is 7. The maximum atomic E-state index is 13.3. The van der Waals surface area contributed by atoms with Crippen LogP contribution in [0.25, 0.3) is 0 Å². The Balaban J connectivity index is 1.79. The number of ether oxygens (including phenoxy) is 1. The maximum Gasteiger partial charge on any atom is 0.324 e. The van der Waals surface area contributed by atoms with Gasteiger partial charge in [-0.1, -0.05) is 42.5 Å². The molecule has 2 amide bonds. The smallest absolute Gasteiger partial charge is 0.324 e. The first-order chi connectivity index (χ1) is 13.4. The summed E-state index contributed by atoms with van der Waals surface area (Å²) in [5.41, 5.74) is 2.13. The number of amides is 2. The Morgan fingerprint density at radius 2 is 1.71 bits per heavy atom. The summed E-state index contributed by atoms with van der Waals surface area (Å²) >= 11 is 0. The lowest BCUT2D eigenvalue weighted by atomic mass is 9.56. The monoisotopic (exact) mass is 384 g/mol. The second-order valence-electron chi connectivity index (χ2n) is 7.40. The molecule has 1 aromatic rings. The zero-order chi connectivity index (χ0) is 20.1. The Morgan fingerprint density at radius 1 is 1.11 bits per heavy atom. The van der Waals surface area contributed by atoms with E-state index < -0.39 is 46.2 Å². The molecule has 4 unspecified atom stereocenters. The standard InChI is InChI=1S/C20H20N2O6/c21-9-8-15(23)19-13-6-7-14(10-13)20(19,17(25)22(27)16(19)24)18(26)28-11-12-4-2-1-3-5-12/h1-7,13-14,27H,8-11,21H2. The van der Waals surface area contributed by atoms with Crippen molar-refractivity contribution in [2.45, 2.75) is 19.4 Å². The van der Waals surface area contributed by atoms with Crippen LogP contribution in [0.1, 0.15) is 18.4 Å². The summed E-state index contributed by atoms with van der Waals surface area (Å²) in [6, 6.07) is 8.86. The predicted octanol–water partition coefficient (Wildman–Crippen LogP) is 0.584. The van der Waals surface area contributed by atoms with Crippen LogP contribution in [0.15, 0.2) is 42.5 Å². The normalized spacial score (nSPS) is 32.7. The molecule has 146 valence electrons. The molecule has 3 N–H and O–H groups in total. The Bertz CT molecular complexity index is 897. The number of carbonyl (C=O) groups excluding carboxylic acids is 4. The van der Waals surface area contributed by atoms with Crippen molar-refractivity contribution < 1.29 is 29.1 Å². The predicted molar refractivity (Wildman–Crippen MR) is 94.2 cm³/mol. The van der Waals surface area contributed by atoms with E-state index in [4.69, 9.17) is 10.5 Å². The van der Waals surface area contributed by atoms with Crippen LogP contribution in [0.5, 0.6) is 0 Å². The summed E-state index contributed by atoms with van der Waals surface area (Å²) in [6.07, 6.45) is 3.44. The summed E-state index contributed by atoms with van der Waals surface area (Å²) < 4.78 is 5.42. The number of rotatable bonds is 6. The number of imide groups is 1. The van der Waals surface area contributed by atoms with Crippen LogP contribution in [0.3, 0.4) is 0 Å². The third-order valence-corrected chi connectivity index (χ3v) is 6.22. The van der Waals surface area contributed by atoms with Gasteiger partial charge in [0.25, 0.3) is 11.8 Å². The van der Waals surface area contributed by atoms with Gasteiger partial charge in [-0.15, -0.1) is 0 Å². The van der Waals surface area contributed by atoms with Gasteiger partial charge in [0.2, 0.25) is 0 Å². The Labute approximate surface area is 160 Å². The molecule has 2 aliphatic carbocycles. The average molecular weight is 384 g/mol. The van der Waals surface area contributed by atoms with Crippen LogP contribution < -0.4 is 5.73 Å². The second-order valence-corrected chi connectivity index (χ2v) is 7.40. The molecule has 1 saturated carbocycles. The van der Waals surface area contributed by atoms with Crippen molar-refractivity contribution in [3.63, 3.8) is 0 Å². The molecule has 2 bridgehead atoms. The van der Waals surface area contributed by atoms with E-state index in [2.05, 4.69) is 0 Å². The van der Waals surface area contributed by atoms with E-state index in [1.54, 1.807) is 36.4 Å². The highest BCUT2D eigenvalue weighted by Gasteiger charge is 2.85. The van der Waals surface area contributed by atoms with Gasteiger partial charge in [-0.05, 0) is 18.5 Å². The highest BCUT2D eigenvalue weighted by molar-refractivity contribution is 6.28. The SMILES string of the molecule is NCCC(=O)C12C(=O)N(O)C(=O)C1(C(=O)OCc1ccccc1)C1C=CC2C1. The first kappa shape index (κ1) is 18.5. The van der Waals surface area contributed by atoms with Crippen molar-refractivity contribution in [3.8, 4) is 0 Å². The van der Waals surface area contributed by atoms with Gasteiger partial charge in [0, 0.05) is 18.3 Å². The Hall–Kier alpha value is -2.84. The van der Waals surface area contributed by atoms with Crippen molar-refractivity contribution in [3.05, 3.63) is 48.0 Å². The molecule has 2 fully saturated rings. The van der Waals surface area contributed by atoms with Gasteiger partial charge in [-0.25, -0.2) is 0 Å². The minimum absolute atomic E-state index is 0.0380. The van der Waals surface area contributed by atoms with E-state index in [-0.39, 0.29) is 24.6 Å². The van der Waals surface area contributed by atoms with E-state index in [1.807, 2.05) is 6.07 Å². The number of ketones is 1. The fraction of sp³-hybridized carbons (Fsp3) is 0.400. The van der Waals surface area contributed by atoms with Crippen LogP contribution >= 0.6 is 0 Å². The third kappa shape index (κ3) is 2.01. The molecule has 4 atom stereocenters. The second kappa shape index (κ2) is 6.35. The number of hydrogen-bond donors (Lipinski definition) is 2. The molecule has 3 aliphatic rings. The average Bonchev–Trinajstić information content (AvgIpc) is 3.34. The molecule has 0 radical (unpaired) electrons. The fourth-order valence-corrected chi connectivity index (χ4v) is 5.12. The third-order valence-electron chi connectivity index (χ3n) is 6.22. The van der Waals surface area contributed by atoms with E-state index in [0.29, 0.717) is 12.0 Å². The van der Waals surface area contributed by atoms with Crippen molar-refractivity contribution in [2.75, 3.05) is 6.54 Å². The number of fused-ring (bicyclic) bond motifs is 5. The van der Waals surface area contributed by atoms with E-state index in [0.717, 1.165) is 0 Å². The number of Topliss-reactive ketones (excluding diaryl/α,β-unsaturated/α-hetero) is 1. The van der Waals surface area contributed by atoms with Gasteiger partial charge >= 0.3 is 5.97 Å². The highest BCUT2D eigenvalue weighted by atomic mass is 16.5. The molecule has 0 spiro atoms. The summed E-state index contributed by atoms with van der Waals surface area (Å²) in [7, 11) is 0. The summed E-state index contributed by atoms with van der Waals surface area (Å²) in [6.45, 7) is -0.152. The van der Waals surface area contributed by atoms with Crippen molar-refractivity contribution in [2.24, 2.45) is 28.4 Å². The molecular weight excluding hydrogens is 364 g/mol. The van der Waals surface area contributed by atoms with Gasteiger partial charge in [0.1, 0.15) is 12.0 Å². The van der Waals surface area contributed by atoms with Crippen LogP contribution in [-0.4, -0.2) is 40.4 Å². The molecular formula is C20H20N2O6. The Kier molecular flexibility index (Phi) is 4.20. The number of nitrogens with zero attached hydrogens (tertiary/aromatic N) is 1. The first-order valence-corrected chi connectivity index (χ1v) is 9.13. The number of allylic oxidation sites excluding steroid dienone is 2. The number of hydroxylamine groups is 2. The van der Waals surface area contributed by atoms with Crippen molar-refractivity contribution in [1.82, 2.24) is 5.06 Å². The van der Waals surface area contributed by atoms with Gasteiger partial charge in [-0.3, -0.25) is 24.4 Å². The number of benzene rings is 1. The maximum absolute atomic E-state index is 13.3. The summed E-state index contributed by atoms with van der Waals surface area (Å²) in [5, 5.41) is 10.1. The van der Waals surface area contributed by atoms with Crippen LogP contribution in [-0.2, 0) is 30.5 Å². The zero-order valence-corrected chi connectivity index (χ0v) is 15.0. The van der Waals surface area contributed by atoms with Crippen molar-refractivity contribution >= 4 is 23.6 Å². The van der Waals surface area contributed by atoms with Gasteiger partial charge < -0.3 is 10.5 Å². The van der Waals surface area contributed by atoms with Crippen LogP contribution in [0.2, 0.25) is 0 Å². The molecule has 1 saturated heterocycles. The number of carbonyl (C=O) groups is 4. The van der Waals surface area contributed by atoms with Crippen molar-refractivity contribution in [1.29, 1.82) is 0 Å². The van der Waals surface area contributed by atoms with E-state index in [1.165, 1.54) is 0 Å². The molecule has 0 aromatic heterocycles. The Morgan fingerprint density at radius 3 is 2.36 bits per heavy atom. The lowest BCUT2D eigenvalue weighted by Crippen LogP contribution is -2.58. The minimum atomic E-state index is -2.08. The van der Waals surface area contributed by atoms with E-state index in [9.17, 15) is 24.4 Å². The fourth-order valence-electron chi connectivity index (χ4n) is 5.12. The van der Waals surface area contributed by atoms with Gasteiger partial charge in [0.05, 0.1) is 0 Å². The molecule has 28 heavy (non-hydrogen) atoms. The molecule has 1 heterocycles. The topological polar surface area (TPSA) is 127 Å². The summed E-state index contributed by atoms with van der Waals surface area (Å²) in [4.78, 5) is 52.3. The molecule has 8 nitrogen and oxygen atoms in total. The largest absolute Gasteiger partial charge is 0.460 e. The molecule has 4 rings (SSSR count).